The third-order valence-corrected chi connectivity index (χ3v) is 4.42. The highest BCUT2D eigenvalue weighted by Gasteiger charge is 2.29. The number of ether oxygens (including phenoxy) is 1. The molecule has 2 aliphatic heterocycles. The summed E-state index contributed by atoms with van der Waals surface area (Å²) in [6.45, 7) is 3.77. The highest BCUT2D eigenvalue weighted by Crippen LogP contribution is 2.19. The molecule has 2 heterocycles. The smallest absolute Gasteiger partial charge is 0.308 e. The van der Waals surface area contributed by atoms with E-state index >= 15 is 0 Å². The minimum atomic E-state index is -0.145. The Labute approximate surface area is 120 Å². The van der Waals surface area contributed by atoms with Crippen molar-refractivity contribution in [1.82, 2.24) is 15.1 Å². The predicted octanol–water partition coefficient (Wildman–Crippen LogP) is -0.308. The first-order valence-corrected chi connectivity index (χ1v) is 7.39. The van der Waals surface area contributed by atoms with Crippen LogP contribution in [0.1, 0.15) is 19.3 Å². The predicted molar refractivity (Wildman–Crippen MR) is 75.2 cm³/mol. The lowest BCUT2D eigenvalue weighted by Gasteiger charge is -2.31. The maximum absolute atomic E-state index is 12.2. The number of nitrogens with zero attached hydrogens (tertiary/aromatic N) is 2. The molecular formula is C14H25N3O3. The largest absolute Gasteiger partial charge is 0.469 e. The average molecular weight is 283 g/mol. The van der Waals surface area contributed by atoms with Gasteiger partial charge in [-0.25, -0.2) is 0 Å². The third kappa shape index (κ3) is 3.70. The summed E-state index contributed by atoms with van der Waals surface area (Å²) < 4.78 is 4.76. The molecule has 1 unspecified atom stereocenters. The average Bonchev–Trinajstić information content (AvgIpc) is 2.94. The molecule has 0 aromatic carbocycles. The minimum absolute atomic E-state index is 0.0375. The highest BCUT2D eigenvalue weighted by atomic mass is 16.5. The first-order valence-electron chi connectivity index (χ1n) is 7.39. The molecule has 6 heteroatoms. The van der Waals surface area contributed by atoms with Crippen LogP contribution < -0.4 is 5.32 Å². The number of hydrogen-bond donors (Lipinski definition) is 1. The van der Waals surface area contributed by atoms with E-state index in [2.05, 4.69) is 10.2 Å². The highest BCUT2D eigenvalue weighted by molar-refractivity contribution is 5.79. The molecule has 0 spiro atoms. The molecule has 0 aromatic rings. The van der Waals surface area contributed by atoms with Crippen LogP contribution in [0.25, 0.3) is 0 Å². The number of amides is 1. The molecule has 2 aliphatic rings. The Balaban J connectivity index is 1.73. The van der Waals surface area contributed by atoms with E-state index < -0.39 is 0 Å². The summed E-state index contributed by atoms with van der Waals surface area (Å²) >= 11 is 0. The lowest BCUT2D eigenvalue weighted by molar-refractivity contribution is -0.149. The van der Waals surface area contributed by atoms with Crippen LogP contribution in [0.15, 0.2) is 0 Å². The molecule has 6 nitrogen and oxygen atoms in total. The monoisotopic (exact) mass is 283 g/mol. The van der Waals surface area contributed by atoms with Gasteiger partial charge in [-0.05, 0) is 26.3 Å². The van der Waals surface area contributed by atoms with Gasteiger partial charge in [0.25, 0.3) is 0 Å². The molecule has 0 aromatic heterocycles. The van der Waals surface area contributed by atoms with Gasteiger partial charge in [0.2, 0.25) is 5.91 Å². The van der Waals surface area contributed by atoms with Gasteiger partial charge in [-0.3, -0.25) is 14.5 Å². The number of likely N-dealkylation sites (N-methyl/N-ethyl adjacent to an activating group) is 1. The Hall–Kier alpha value is -1.14. The van der Waals surface area contributed by atoms with E-state index in [1.807, 2.05) is 11.9 Å². The number of carbonyl (C=O) groups is 2. The molecule has 2 rings (SSSR count). The number of likely N-dealkylation sites (tertiary alicyclic amines) is 2. The molecule has 2 fully saturated rings. The lowest BCUT2D eigenvalue weighted by atomic mass is 9.97. The van der Waals surface area contributed by atoms with Crippen LogP contribution in [0.2, 0.25) is 0 Å². The summed E-state index contributed by atoms with van der Waals surface area (Å²) in [6, 6.07) is 0.507. The van der Waals surface area contributed by atoms with Crippen molar-refractivity contribution in [2.75, 3.05) is 46.9 Å². The van der Waals surface area contributed by atoms with Gasteiger partial charge in [0, 0.05) is 32.2 Å². The van der Waals surface area contributed by atoms with Crippen molar-refractivity contribution in [3.63, 3.8) is 0 Å². The van der Waals surface area contributed by atoms with Crippen LogP contribution in [0.3, 0.4) is 0 Å². The maximum atomic E-state index is 12.2. The van der Waals surface area contributed by atoms with Gasteiger partial charge < -0.3 is 15.0 Å². The van der Waals surface area contributed by atoms with Gasteiger partial charge in [-0.1, -0.05) is 0 Å². The minimum Gasteiger partial charge on any atom is -0.469 e. The summed E-state index contributed by atoms with van der Waals surface area (Å²) in [6.07, 6.45) is 2.54. The van der Waals surface area contributed by atoms with Crippen LogP contribution in [0.5, 0.6) is 0 Å². The molecule has 0 aliphatic carbocycles. The fourth-order valence-corrected chi connectivity index (χ4v) is 3.03. The normalized spacial score (nSPS) is 24.9. The second-order valence-electron chi connectivity index (χ2n) is 5.69. The second kappa shape index (κ2) is 7.04. The van der Waals surface area contributed by atoms with E-state index in [1.165, 1.54) is 7.11 Å². The summed E-state index contributed by atoms with van der Waals surface area (Å²) in [7, 11) is 3.39. The molecule has 1 amide bonds. The molecule has 1 atom stereocenters. The molecular weight excluding hydrogens is 258 g/mol. The second-order valence-corrected chi connectivity index (χ2v) is 5.69. The van der Waals surface area contributed by atoms with Gasteiger partial charge in [0.15, 0.2) is 0 Å². The van der Waals surface area contributed by atoms with Gasteiger partial charge >= 0.3 is 5.97 Å². The van der Waals surface area contributed by atoms with Crippen molar-refractivity contribution < 1.29 is 14.3 Å². The number of methoxy groups -OCH3 is 1. The molecule has 114 valence electrons. The molecule has 2 saturated heterocycles. The Morgan fingerprint density at radius 3 is 2.45 bits per heavy atom. The molecule has 0 bridgehead atoms. The van der Waals surface area contributed by atoms with Crippen molar-refractivity contribution in [3.8, 4) is 0 Å². The number of rotatable bonds is 4. The number of hydrogen-bond acceptors (Lipinski definition) is 5. The fourth-order valence-electron chi connectivity index (χ4n) is 3.03. The van der Waals surface area contributed by atoms with Crippen LogP contribution >= 0.6 is 0 Å². The summed E-state index contributed by atoms with van der Waals surface area (Å²) in [4.78, 5) is 27.8. The van der Waals surface area contributed by atoms with Gasteiger partial charge in [-0.15, -0.1) is 0 Å². The van der Waals surface area contributed by atoms with Crippen LogP contribution in [-0.4, -0.2) is 74.6 Å². The number of carbonyl (C=O) groups excluding carboxylic acids is 2. The zero-order valence-electron chi connectivity index (χ0n) is 12.4. The molecule has 0 radical (unpaired) electrons. The van der Waals surface area contributed by atoms with Crippen molar-refractivity contribution in [2.24, 2.45) is 5.92 Å². The zero-order valence-corrected chi connectivity index (χ0v) is 12.4. The Kier molecular flexibility index (Phi) is 5.37. The van der Waals surface area contributed by atoms with E-state index in [1.54, 1.807) is 0 Å². The molecule has 20 heavy (non-hydrogen) atoms. The quantitative estimate of drug-likeness (QED) is 0.717. The van der Waals surface area contributed by atoms with E-state index in [9.17, 15) is 9.59 Å². The first-order chi connectivity index (χ1) is 9.63. The van der Waals surface area contributed by atoms with Gasteiger partial charge in [0.1, 0.15) is 0 Å². The van der Waals surface area contributed by atoms with E-state index in [-0.39, 0.29) is 17.8 Å². The van der Waals surface area contributed by atoms with Crippen molar-refractivity contribution in [2.45, 2.75) is 25.3 Å². The topological polar surface area (TPSA) is 61.9 Å². The zero-order chi connectivity index (χ0) is 14.5. The number of nitrogens with one attached hydrogen (secondary N) is 1. The van der Waals surface area contributed by atoms with E-state index in [0.29, 0.717) is 25.7 Å². The SMILES string of the molecule is CNC1CCN(CC(=O)N2CCC(C(=O)OC)CC2)C1. The Morgan fingerprint density at radius 1 is 1.20 bits per heavy atom. The van der Waals surface area contributed by atoms with Crippen molar-refractivity contribution >= 4 is 11.9 Å². The first kappa shape index (κ1) is 15.3. The maximum Gasteiger partial charge on any atom is 0.308 e. The number of piperidine rings is 1. The van der Waals surface area contributed by atoms with Crippen LogP contribution in [-0.2, 0) is 14.3 Å². The molecule has 1 N–H and O–H groups in total. The Morgan fingerprint density at radius 2 is 1.90 bits per heavy atom. The van der Waals surface area contributed by atoms with Crippen molar-refractivity contribution in [3.05, 3.63) is 0 Å². The Bertz CT molecular complexity index is 354. The number of esters is 1. The van der Waals surface area contributed by atoms with Gasteiger partial charge in [-0.2, -0.15) is 0 Å². The summed E-state index contributed by atoms with van der Waals surface area (Å²) in [5.74, 6) is 0.00285. The van der Waals surface area contributed by atoms with E-state index in [4.69, 9.17) is 4.74 Å². The van der Waals surface area contributed by atoms with Crippen molar-refractivity contribution in [1.29, 1.82) is 0 Å². The standard InChI is InChI=1S/C14H25N3O3/c1-15-12-5-6-16(9-12)10-13(18)17-7-3-11(4-8-17)14(19)20-2/h11-12,15H,3-10H2,1-2H3. The molecule has 0 saturated carbocycles. The lowest BCUT2D eigenvalue weighted by Crippen LogP contribution is -2.45. The van der Waals surface area contributed by atoms with E-state index in [0.717, 1.165) is 32.4 Å². The van der Waals surface area contributed by atoms with Crippen LogP contribution in [0.4, 0.5) is 0 Å². The third-order valence-electron chi connectivity index (χ3n) is 4.42. The summed E-state index contributed by atoms with van der Waals surface area (Å²) in [5, 5.41) is 3.25. The van der Waals surface area contributed by atoms with Crippen LogP contribution in [0, 0.1) is 5.92 Å². The fraction of sp³-hybridized carbons (Fsp3) is 0.857. The van der Waals surface area contributed by atoms with Gasteiger partial charge in [0.05, 0.1) is 19.6 Å². The summed E-state index contributed by atoms with van der Waals surface area (Å²) in [5.41, 5.74) is 0.